The van der Waals surface area contributed by atoms with Crippen LogP contribution in [0, 0.1) is 11.8 Å². The van der Waals surface area contributed by atoms with Gasteiger partial charge < -0.3 is 44.4 Å². The molecule has 2 fully saturated rings. The highest BCUT2D eigenvalue weighted by atomic mass is 16.6. The summed E-state index contributed by atoms with van der Waals surface area (Å²) in [6.45, 7) is 30.7. The summed E-state index contributed by atoms with van der Waals surface area (Å²) < 4.78 is 34.9. The van der Waals surface area contributed by atoms with Gasteiger partial charge in [-0.3, -0.25) is 62.8 Å². The molecule has 1 aromatic rings. The number of anilines is 1. The molecule has 4 atom stereocenters. The molecule has 3 aliphatic rings. The molecule has 0 bridgehead atoms. The first kappa shape index (κ1) is 77.0. The van der Waals surface area contributed by atoms with Crippen LogP contribution in [0.1, 0.15) is 201 Å². The van der Waals surface area contributed by atoms with Crippen LogP contribution in [0.25, 0.3) is 0 Å². The summed E-state index contributed by atoms with van der Waals surface area (Å²) in [5.74, 6) is -4.15. The minimum absolute atomic E-state index is 0.0469. The summed E-state index contributed by atoms with van der Waals surface area (Å²) in [5, 5.41) is 8.69. The van der Waals surface area contributed by atoms with Gasteiger partial charge in [0.2, 0.25) is 11.8 Å². The summed E-state index contributed by atoms with van der Waals surface area (Å²) in [5.41, 5.74) is -4.07. The summed E-state index contributed by atoms with van der Waals surface area (Å²) in [7, 11) is 0. The first-order valence-corrected chi connectivity index (χ1v) is 32.4. The second-order valence-electron chi connectivity index (χ2n) is 30.5. The van der Waals surface area contributed by atoms with Crippen molar-refractivity contribution in [1.82, 2.24) is 30.2 Å². The number of unbranched alkanes of at least 4 members (excludes halogenated alkanes) is 1. The molecule has 512 valence electrons. The number of benzene rings is 1. The van der Waals surface area contributed by atoms with Crippen LogP contribution in [0.15, 0.2) is 36.4 Å². The third-order valence-corrected chi connectivity index (χ3v) is 14.8. The van der Waals surface area contributed by atoms with Crippen molar-refractivity contribution >= 4 is 65.3 Å². The van der Waals surface area contributed by atoms with Crippen molar-refractivity contribution in [3.8, 4) is 0 Å². The Hall–Kier alpha value is -6.46. The van der Waals surface area contributed by atoms with Crippen LogP contribution in [0.3, 0.4) is 0 Å². The largest absolute Gasteiger partial charge is 0.459 e. The molecule has 5 amide bonds. The summed E-state index contributed by atoms with van der Waals surface area (Å²) >= 11 is 0. The molecule has 0 saturated heterocycles. The van der Waals surface area contributed by atoms with Gasteiger partial charge in [-0.05, 0) is 212 Å². The van der Waals surface area contributed by atoms with E-state index < -0.39 is 99.6 Å². The van der Waals surface area contributed by atoms with Crippen molar-refractivity contribution in [3.05, 3.63) is 42.0 Å². The van der Waals surface area contributed by atoms with E-state index in [9.17, 15) is 47.9 Å². The fraction of sp³-hybridized carbons (Fsp3) is 0.735. The fourth-order valence-electron chi connectivity index (χ4n) is 11.4. The van der Waals surface area contributed by atoms with E-state index in [0.29, 0.717) is 75.7 Å². The topological polar surface area (TPSA) is 275 Å². The molecule has 0 radical (unpaired) electrons. The zero-order chi connectivity index (χ0) is 68.5. The highest BCUT2D eigenvalue weighted by molar-refractivity contribution is 6.12. The van der Waals surface area contributed by atoms with Gasteiger partial charge in [0.25, 0.3) is 11.8 Å². The molecular weight excluding hydrogens is 1170 g/mol. The van der Waals surface area contributed by atoms with Gasteiger partial charge in [0.15, 0.2) is 0 Å². The molecule has 1 aliphatic heterocycles. The van der Waals surface area contributed by atoms with E-state index in [0.717, 1.165) is 12.8 Å². The standard InChI is InChI=1S/C68H109N7O16/c1-63(2,3)86-55(78)40-72(41-56(79)87-64(4,5)6)49(39-73(42-57(80)88-65(7,8)9)51-24-19-20-25-52(51)74(43-58(81)89-66(10,11)12)44-59(82)90-67(13,14)15)37-45-28-32-48(33-29-45)70-61(84)50(71-62(85)91-68(16,17)18)23-21-22-36-69-60(83)47-30-26-46(27-31-47)38-75-53(76)34-35-54(75)77/h28-29,32-35,46-47,49-52H,19-27,30-31,36-44H2,1-18H3,(H,69,83)(H,70,84)(H,71,85)/t46?,47?,49-,50+,51+,52+/m1/s1. The molecule has 3 N–H and O–H groups in total. The van der Waals surface area contributed by atoms with E-state index in [1.165, 1.54) is 17.1 Å². The SMILES string of the molecule is CC(C)(C)OC(=O)CN(CC(=O)OC(C)(C)C)[C@H](Cc1ccc(NC(=O)[C@H](CCCCNC(=O)C2CCC(CN3C(=O)C=CC3=O)CC2)NC(=O)OC(C)(C)C)cc1)CN(CC(=O)OC(C)(C)C)[C@H]1CCCC[C@@H]1N(CC(=O)OC(C)(C)C)CC(=O)OC(C)(C)C. The molecule has 4 rings (SSSR count). The highest BCUT2D eigenvalue weighted by Crippen LogP contribution is 2.32. The van der Waals surface area contributed by atoms with Crippen molar-refractivity contribution < 1.29 is 76.4 Å². The molecule has 1 aromatic carbocycles. The van der Waals surface area contributed by atoms with Gasteiger partial charge in [-0.25, -0.2) is 4.79 Å². The Morgan fingerprint density at radius 2 is 0.945 bits per heavy atom. The lowest BCUT2D eigenvalue weighted by Crippen LogP contribution is -2.60. The van der Waals surface area contributed by atoms with Crippen LogP contribution >= 0.6 is 0 Å². The Kier molecular flexibility index (Phi) is 28.3. The minimum atomic E-state index is -1.03. The number of carbonyl (C=O) groups excluding carboxylic acids is 10. The minimum Gasteiger partial charge on any atom is -0.459 e. The van der Waals surface area contributed by atoms with Crippen molar-refractivity contribution in [2.45, 2.75) is 259 Å². The first-order valence-electron chi connectivity index (χ1n) is 32.4. The third kappa shape index (κ3) is 30.2. The van der Waals surface area contributed by atoms with E-state index in [-0.39, 0.29) is 81.7 Å². The van der Waals surface area contributed by atoms with Gasteiger partial charge in [-0.2, -0.15) is 0 Å². The maximum absolute atomic E-state index is 14.3. The molecule has 0 aromatic heterocycles. The Labute approximate surface area is 540 Å². The molecule has 1 heterocycles. The Morgan fingerprint density at radius 1 is 0.527 bits per heavy atom. The van der Waals surface area contributed by atoms with E-state index in [1.807, 2.05) is 4.90 Å². The number of alkyl carbamates (subject to hydrolysis) is 1. The molecule has 0 spiro atoms. The quantitative estimate of drug-likeness (QED) is 0.0307. The second-order valence-corrected chi connectivity index (χ2v) is 30.5. The van der Waals surface area contributed by atoms with E-state index >= 15 is 0 Å². The van der Waals surface area contributed by atoms with E-state index in [4.69, 9.17) is 28.4 Å². The van der Waals surface area contributed by atoms with Gasteiger partial charge in [0.05, 0.1) is 32.7 Å². The summed E-state index contributed by atoms with van der Waals surface area (Å²) in [4.78, 5) is 141. The van der Waals surface area contributed by atoms with Crippen molar-refractivity contribution in [2.24, 2.45) is 11.8 Å². The number of amides is 5. The van der Waals surface area contributed by atoms with Crippen LogP contribution in [0.4, 0.5) is 10.5 Å². The number of rotatable bonds is 28. The molecule has 2 saturated carbocycles. The third-order valence-electron chi connectivity index (χ3n) is 14.8. The van der Waals surface area contributed by atoms with Crippen LogP contribution in [0.5, 0.6) is 0 Å². The molecular formula is C68H109N7O16. The number of carbonyl (C=O) groups is 10. The van der Waals surface area contributed by atoms with Crippen LogP contribution in [-0.4, -0.2) is 189 Å². The second kappa shape index (κ2) is 33.4. The average Bonchev–Trinajstić information content (AvgIpc) is 1.20. The zero-order valence-electron chi connectivity index (χ0n) is 57.9. The van der Waals surface area contributed by atoms with E-state index in [1.54, 1.807) is 159 Å². The van der Waals surface area contributed by atoms with Gasteiger partial charge in [0, 0.05) is 61.5 Å². The molecule has 23 nitrogen and oxygen atoms in total. The fourth-order valence-corrected chi connectivity index (χ4v) is 11.4. The number of imide groups is 1. The van der Waals surface area contributed by atoms with Crippen molar-refractivity contribution in [1.29, 1.82) is 0 Å². The molecule has 2 aliphatic carbocycles. The normalized spacial score (nSPS) is 19.2. The number of nitrogens with zero attached hydrogens (tertiary/aromatic N) is 4. The Balaban J connectivity index is 1.68. The number of nitrogens with one attached hydrogen (secondary N) is 3. The van der Waals surface area contributed by atoms with Gasteiger partial charge >= 0.3 is 35.9 Å². The Morgan fingerprint density at radius 3 is 1.38 bits per heavy atom. The van der Waals surface area contributed by atoms with Crippen LogP contribution in [0.2, 0.25) is 0 Å². The number of ether oxygens (including phenoxy) is 6. The number of esters is 5. The first-order chi connectivity index (χ1) is 41.9. The molecule has 91 heavy (non-hydrogen) atoms. The van der Waals surface area contributed by atoms with E-state index in [2.05, 4.69) is 16.0 Å². The molecule has 23 heteroatoms. The summed E-state index contributed by atoms with van der Waals surface area (Å²) in [6, 6.07) is 4.21. The van der Waals surface area contributed by atoms with Crippen molar-refractivity contribution in [2.75, 3.05) is 57.7 Å². The van der Waals surface area contributed by atoms with Gasteiger partial charge in [-0.15, -0.1) is 0 Å². The smallest absolute Gasteiger partial charge is 0.408 e. The van der Waals surface area contributed by atoms with Gasteiger partial charge in [-0.1, -0.05) is 25.0 Å². The lowest BCUT2D eigenvalue weighted by atomic mass is 9.81. The van der Waals surface area contributed by atoms with Gasteiger partial charge in [0.1, 0.15) is 39.6 Å². The average molecular weight is 1280 g/mol. The van der Waals surface area contributed by atoms with Crippen molar-refractivity contribution in [3.63, 3.8) is 0 Å². The predicted molar refractivity (Wildman–Crippen MR) is 344 cm³/mol. The van der Waals surface area contributed by atoms with Crippen LogP contribution < -0.4 is 16.0 Å². The monoisotopic (exact) mass is 1280 g/mol. The number of hydrogen-bond donors (Lipinski definition) is 3. The Bertz CT molecular complexity index is 2600. The summed E-state index contributed by atoms with van der Waals surface area (Å²) in [6.07, 6.45) is 8.36. The predicted octanol–water partition coefficient (Wildman–Crippen LogP) is 8.37. The number of hydrogen-bond acceptors (Lipinski definition) is 19. The van der Waals surface area contributed by atoms with Crippen LogP contribution in [-0.2, 0) is 78.0 Å². The maximum Gasteiger partial charge on any atom is 0.408 e. The molecule has 0 unspecified atom stereocenters. The lowest BCUT2D eigenvalue weighted by Gasteiger charge is -2.46. The zero-order valence-corrected chi connectivity index (χ0v) is 57.9. The highest BCUT2D eigenvalue weighted by Gasteiger charge is 2.41. The maximum atomic E-state index is 14.3. The lowest BCUT2D eigenvalue weighted by molar-refractivity contribution is -0.164.